The van der Waals surface area contributed by atoms with E-state index < -0.39 is 0 Å². The molecule has 0 radical (unpaired) electrons. The van der Waals surface area contributed by atoms with E-state index in [-0.39, 0.29) is 5.60 Å². The van der Waals surface area contributed by atoms with Crippen LogP contribution in [0.2, 0.25) is 0 Å². The van der Waals surface area contributed by atoms with Crippen LogP contribution in [-0.2, 0) is 16.9 Å². The van der Waals surface area contributed by atoms with E-state index in [2.05, 4.69) is 31.1 Å². The van der Waals surface area contributed by atoms with Crippen LogP contribution in [0.4, 0.5) is 0 Å². The second kappa shape index (κ2) is 6.33. The monoisotopic (exact) mass is 282 g/mol. The minimum Gasteiger partial charge on any atom is -0.371 e. The number of hydrogen-bond donors (Lipinski definition) is 1. The van der Waals surface area contributed by atoms with Crippen molar-refractivity contribution in [3.05, 3.63) is 16.1 Å². The molecule has 1 heterocycles. The summed E-state index contributed by atoms with van der Waals surface area (Å²) in [5, 5.41) is 4.62. The molecule has 0 spiro atoms. The highest BCUT2D eigenvalue weighted by atomic mass is 32.1. The average molecular weight is 282 g/mol. The van der Waals surface area contributed by atoms with Crippen molar-refractivity contribution in [2.75, 3.05) is 7.11 Å². The molecule has 2 rings (SSSR count). The SMILES string of the molecule is COC1(c2ncc(CNC(C)C)s2)CCCC(C)C1. The Morgan fingerprint density at radius 3 is 3.00 bits per heavy atom. The van der Waals surface area contributed by atoms with Crippen LogP contribution < -0.4 is 5.32 Å². The summed E-state index contributed by atoms with van der Waals surface area (Å²) >= 11 is 1.81. The highest BCUT2D eigenvalue weighted by Crippen LogP contribution is 2.43. The molecule has 1 N–H and O–H groups in total. The van der Waals surface area contributed by atoms with Crippen LogP contribution in [0.15, 0.2) is 6.20 Å². The quantitative estimate of drug-likeness (QED) is 0.894. The van der Waals surface area contributed by atoms with Gasteiger partial charge in [0.2, 0.25) is 0 Å². The predicted molar refractivity (Wildman–Crippen MR) is 80.4 cm³/mol. The lowest BCUT2D eigenvalue weighted by atomic mass is 9.79. The molecule has 2 atom stereocenters. The Morgan fingerprint density at radius 1 is 1.58 bits per heavy atom. The summed E-state index contributed by atoms with van der Waals surface area (Å²) in [5.74, 6) is 0.731. The zero-order valence-electron chi connectivity index (χ0n) is 12.5. The van der Waals surface area contributed by atoms with E-state index in [1.807, 2.05) is 24.6 Å². The maximum atomic E-state index is 5.90. The molecule has 3 nitrogen and oxygen atoms in total. The number of rotatable bonds is 5. The van der Waals surface area contributed by atoms with E-state index in [0.29, 0.717) is 6.04 Å². The minimum absolute atomic E-state index is 0.127. The molecule has 0 aliphatic heterocycles. The molecule has 1 aliphatic carbocycles. The van der Waals surface area contributed by atoms with Gasteiger partial charge in [-0.2, -0.15) is 0 Å². The third-order valence-electron chi connectivity index (χ3n) is 3.97. The van der Waals surface area contributed by atoms with E-state index in [9.17, 15) is 0 Å². The summed E-state index contributed by atoms with van der Waals surface area (Å²) in [6, 6.07) is 0.511. The number of ether oxygens (including phenoxy) is 1. The molecule has 1 aromatic rings. The number of aromatic nitrogens is 1. The lowest BCUT2D eigenvalue weighted by Gasteiger charge is -2.37. The third kappa shape index (κ3) is 3.56. The summed E-state index contributed by atoms with van der Waals surface area (Å²) in [4.78, 5) is 5.95. The van der Waals surface area contributed by atoms with Gasteiger partial charge in [-0.1, -0.05) is 27.2 Å². The Labute approximate surface area is 120 Å². The molecule has 0 aromatic carbocycles. The first kappa shape index (κ1) is 14.9. The van der Waals surface area contributed by atoms with Crippen molar-refractivity contribution in [3.8, 4) is 0 Å². The van der Waals surface area contributed by atoms with Gasteiger partial charge in [0.25, 0.3) is 0 Å². The van der Waals surface area contributed by atoms with Gasteiger partial charge in [0.15, 0.2) is 0 Å². The summed E-state index contributed by atoms with van der Waals surface area (Å²) in [6.45, 7) is 7.56. The standard InChI is InChI=1S/C15H26N2OS/c1-11(2)16-9-13-10-17-14(19-13)15(18-4)7-5-6-12(3)8-15/h10-12,16H,5-9H2,1-4H3. The Hall–Kier alpha value is -0.450. The molecule has 0 amide bonds. The van der Waals surface area contributed by atoms with Crippen molar-refractivity contribution < 1.29 is 4.74 Å². The van der Waals surface area contributed by atoms with E-state index in [1.54, 1.807) is 0 Å². The first-order valence-electron chi connectivity index (χ1n) is 7.29. The molecule has 0 saturated heterocycles. The summed E-state index contributed by atoms with van der Waals surface area (Å²) in [6.07, 6.45) is 6.79. The normalized spacial score (nSPS) is 27.9. The molecule has 1 aromatic heterocycles. The van der Waals surface area contributed by atoms with Gasteiger partial charge < -0.3 is 10.1 Å². The van der Waals surface area contributed by atoms with Crippen molar-refractivity contribution in [2.24, 2.45) is 5.92 Å². The zero-order chi connectivity index (χ0) is 13.9. The largest absolute Gasteiger partial charge is 0.371 e. The van der Waals surface area contributed by atoms with Crippen LogP contribution in [0.5, 0.6) is 0 Å². The molecule has 4 heteroatoms. The van der Waals surface area contributed by atoms with Crippen molar-refractivity contribution >= 4 is 11.3 Å². The van der Waals surface area contributed by atoms with E-state index in [1.165, 1.54) is 22.7 Å². The molecule has 0 bridgehead atoms. The van der Waals surface area contributed by atoms with Gasteiger partial charge in [-0.25, -0.2) is 4.98 Å². The van der Waals surface area contributed by atoms with Gasteiger partial charge in [-0.3, -0.25) is 0 Å². The Balaban J connectivity index is 2.10. The van der Waals surface area contributed by atoms with E-state index in [4.69, 9.17) is 4.74 Å². The van der Waals surface area contributed by atoms with Crippen LogP contribution in [0.3, 0.4) is 0 Å². The van der Waals surface area contributed by atoms with Crippen molar-refractivity contribution in [3.63, 3.8) is 0 Å². The van der Waals surface area contributed by atoms with Crippen LogP contribution in [0, 0.1) is 5.92 Å². The second-order valence-corrected chi connectivity index (χ2v) is 7.18. The lowest BCUT2D eigenvalue weighted by molar-refractivity contribution is -0.0580. The van der Waals surface area contributed by atoms with Gasteiger partial charge in [0.05, 0.1) is 0 Å². The summed E-state index contributed by atoms with van der Waals surface area (Å²) < 4.78 is 5.90. The van der Waals surface area contributed by atoms with Gasteiger partial charge in [0, 0.05) is 30.8 Å². The molecular formula is C15H26N2OS. The highest BCUT2D eigenvalue weighted by molar-refractivity contribution is 7.11. The average Bonchev–Trinajstić information content (AvgIpc) is 2.85. The van der Waals surface area contributed by atoms with Gasteiger partial charge in [-0.15, -0.1) is 11.3 Å². The molecular weight excluding hydrogens is 256 g/mol. The maximum absolute atomic E-state index is 5.90. The molecule has 1 saturated carbocycles. The van der Waals surface area contributed by atoms with E-state index >= 15 is 0 Å². The minimum atomic E-state index is -0.127. The molecule has 19 heavy (non-hydrogen) atoms. The topological polar surface area (TPSA) is 34.1 Å². The first-order chi connectivity index (χ1) is 9.05. The Morgan fingerprint density at radius 2 is 2.37 bits per heavy atom. The fourth-order valence-corrected chi connectivity index (χ4v) is 3.94. The second-order valence-electron chi connectivity index (χ2n) is 6.07. The number of hydrogen-bond acceptors (Lipinski definition) is 4. The first-order valence-corrected chi connectivity index (χ1v) is 8.11. The van der Waals surface area contributed by atoms with Crippen molar-refractivity contribution in [1.29, 1.82) is 0 Å². The lowest BCUT2D eigenvalue weighted by Crippen LogP contribution is -2.34. The predicted octanol–water partition coefficient (Wildman–Crippen LogP) is 3.69. The van der Waals surface area contributed by atoms with Crippen LogP contribution in [0.1, 0.15) is 56.3 Å². The maximum Gasteiger partial charge on any atom is 0.125 e. The third-order valence-corrected chi connectivity index (χ3v) is 5.16. The summed E-state index contributed by atoms with van der Waals surface area (Å²) in [7, 11) is 1.84. The van der Waals surface area contributed by atoms with Crippen LogP contribution in [-0.4, -0.2) is 18.1 Å². The summed E-state index contributed by atoms with van der Waals surface area (Å²) in [5.41, 5.74) is -0.127. The highest BCUT2D eigenvalue weighted by Gasteiger charge is 2.39. The number of nitrogens with zero attached hydrogens (tertiary/aromatic N) is 1. The van der Waals surface area contributed by atoms with Crippen LogP contribution in [0.25, 0.3) is 0 Å². The molecule has 2 unspecified atom stereocenters. The van der Waals surface area contributed by atoms with Crippen molar-refractivity contribution in [1.82, 2.24) is 10.3 Å². The van der Waals surface area contributed by atoms with E-state index in [0.717, 1.165) is 25.3 Å². The fourth-order valence-electron chi connectivity index (χ4n) is 2.87. The van der Waals surface area contributed by atoms with Gasteiger partial charge in [-0.05, 0) is 25.2 Å². The molecule has 1 fully saturated rings. The number of thiazole rings is 1. The number of methoxy groups -OCH3 is 1. The van der Waals surface area contributed by atoms with Gasteiger partial charge >= 0.3 is 0 Å². The zero-order valence-corrected chi connectivity index (χ0v) is 13.3. The molecule has 108 valence electrons. The molecule has 1 aliphatic rings. The Bertz CT molecular complexity index is 405. The fraction of sp³-hybridized carbons (Fsp3) is 0.800. The van der Waals surface area contributed by atoms with Crippen LogP contribution >= 0.6 is 11.3 Å². The smallest absolute Gasteiger partial charge is 0.125 e. The van der Waals surface area contributed by atoms with Crippen molar-refractivity contribution in [2.45, 2.75) is 64.6 Å². The Kier molecular flexibility index (Phi) is 4.98. The number of nitrogens with one attached hydrogen (secondary N) is 1. The van der Waals surface area contributed by atoms with Gasteiger partial charge in [0.1, 0.15) is 10.6 Å².